The van der Waals surface area contributed by atoms with Crippen LogP contribution in [0.1, 0.15) is 34.9 Å². The third kappa shape index (κ3) is 3.35. The van der Waals surface area contributed by atoms with Crippen molar-refractivity contribution in [1.29, 1.82) is 0 Å². The minimum absolute atomic E-state index is 0.0206. The monoisotopic (exact) mass is 420 g/mol. The Kier molecular flexibility index (Phi) is 4.75. The molecule has 1 aliphatic rings. The van der Waals surface area contributed by atoms with E-state index >= 15 is 0 Å². The maximum Gasteiger partial charge on any atom is 0.272 e. The van der Waals surface area contributed by atoms with Crippen molar-refractivity contribution in [2.24, 2.45) is 7.05 Å². The lowest BCUT2D eigenvalue weighted by Crippen LogP contribution is -2.40. The molecule has 4 aromatic heterocycles. The van der Waals surface area contributed by atoms with Crippen LogP contribution >= 0.6 is 11.6 Å². The first-order chi connectivity index (χ1) is 14.6. The van der Waals surface area contributed by atoms with Gasteiger partial charge in [-0.2, -0.15) is 5.10 Å². The van der Waals surface area contributed by atoms with E-state index in [1.165, 1.54) is 0 Å². The first kappa shape index (κ1) is 18.8. The van der Waals surface area contributed by atoms with Crippen molar-refractivity contribution in [1.82, 2.24) is 29.0 Å². The molecule has 0 N–H and O–H groups in total. The van der Waals surface area contributed by atoms with E-state index in [4.69, 9.17) is 16.6 Å². The predicted molar refractivity (Wildman–Crippen MR) is 115 cm³/mol. The Hall–Kier alpha value is -3.19. The Labute approximate surface area is 178 Å². The van der Waals surface area contributed by atoms with Gasteiger partial charge in [0.05, 0.1) is 22.6 Å². The average molecular weight is 421 g/mol. The normalized spacial score (nSPS) is 16.9. The van der Waals surface area contributed by atoms with Crippen molar-refractivity contribution < 1.29 is 4.79 Å². The molecule has 0 saturated carbocycles. The average Bonchev–Trinajstić information content (AvgIpc) is 3.39. The fraction of sp³-hybridized carbons (Fsp3) is 0.273. The SMILES string of the molecule is Cn1nccc1C(=O)N1CCC[C@@H](c2cccc(-c3cnc4ccc(Cl)cn34)n2)C1. The number of piperidine rings is 1. The number of halogens is 1. The minimum atomic E-state index is 0.0206. The molecular weight excluding hydrogens is 400 g/mol. The number of carbonyl (C=O) groups excluding carboxylic acids is 1. The van der Waals surface area contributed by atoms with Crippen LogP contribution < -0.4 is 0 Å². The lowest BCUT2D eigenvalue weighted by Gasteiger charge is -2.32. The Bertz CT molecular complexity index is 1230. The topological polar surface area (TPSA) is 68.3 Å². The summed E-state index contributed by atoms with van der Waals surface area (Å²) in [5, 5.41) is 4.77. The van der Waals surface area contributed by atoms with E-state index in [0.717, 1.165) is 42.1 Å². The predicted octanol–water partition coefficient (Wildman–Crippen LogP) is 3.80. The number of pyridine rings is 2. The van der Waals surface area contributed by atoms with Crippen molar-refractivity contribution in [2.75, 3.05) is 13.1 Å². The molecule has 0 spiro atoms. The second-order valence-electron chi connectivity index (χ2n) is 7.60. The summed E-state index contributed by atoms with van der Waals surface area (Å²) in [7, 11) is 1.79. The molecule has 0 bridgehead atoms. The van der Waals surface area contributed by atoms with Crippen molar-refractivity contribution in [2.45, 2.75) is 18.8 Å². The summed E-state index contributed by atoms with van der Waals surface area (Å²) in [4.78, 5) is 24.2. The zero-order valence-corrected chi connectivity index (χ0v) is 17.3. The number of hydrogen-bond acceptors (Lipinski definition) is 4. The van der Waals surface area contributed by atoms with Gasteiger partial charge in [-0.15, -0.1) is 0 Å². The molecule has 152 valence electrons. The van der Waals surface area contributed by atoms with Gasteiger partial charge in [-0.25, -0.2) is 4.98 Å². The van der Waals surface area contributed by atoms with Gasteiger partial charge >= 0.3 is 0 Å². The number of rotatable bonds is 3. The molecule has 4 aromatic rings. The summed E-state index contributed by atoms with van der Waals surface area (Å²) < 4.78 is 3.58. The van der Waals surface area contributed by atoms with Crippen LogP contribution in [0, 0.1) is 0 Å². The number of fused-ring (bicyclic) bond motifs is 1. The molecule has 0 aromatic carbocycles. The van der Waals surface area contributed by atoms with E-state index in [1.807, 2.05) is 52.0 Å². The van der Waals surface area contributed by atoms with Gasteiger partial charge in [-0.1, -0.05) is 17.7 Å². The van der Waals surface area contributed by atoms with E-state index in [9.17, 15) is 4.79 Å². The zero-order chi connectivity index (χ0) is 20.7. The largest absolute Gasteiger partial charge is 0.337 e. The lowest BCUT2D eigenvalue weighted by atomic mass is 9.93. The van der Waals surface area contributed by atoms with E-state index in [1.54, 1.807) is 24.0 Å². The Morgan fingerprint density at radius 2 is 2.10 bits per heavy atom. The van der Waals surface area contributed by atoms with Gasteiger partial charge in [-0.3, -0.25) is 18.9 Å². The highest BCUT2D eigenvalue weighted by Crippen LogP contribution is 2.29. The van der Waals surface area contributed by atoms with Crippen molar-refractivity contribution >= 4 is 23.2 Å². The third-order valence-electron chi connectivity index (χ3n) is 5.67. The molecule has 7 nitrogen and oxygen atoms in total. The number of carbonyl (C=O) groups is 1. The molecule has 1 amide bonds. The number of nitrogens with zero attached hydrogens (tertiary/aromatic N) is 6. The Morgan fingerprint density at radius 1 is 1.20 bits per heavy atom. The van der Waals surface area contributed by atoms with Gasteiger partial charge < -0.3 is 4.90 Å². The van der Waals surface area contributed by atoms with E-state index < -0.39 is 0 Å². The summed E-state index contributed by atoms with van der Waals surface area (Å²) in [6.07, 6.45) is 7.27. The van der Waals surface area contributed by atoms with Crippen LogP contribution in [0.2, 0.25) is 5.02 Å². The van der Waals surface area contributed by atoms with E-state index in [-0.39, 0.29) is 11.8 Å². The first-order valence-corrected chi connectivity index (χ1v) is 10.3. The van der Waals surface area contributed by atoms with Gasteiger partial charge in [0.15, 0.2) is 0 Å². The van der Waals surface area contributed by atoms with Crippen LogP contribution in [0.5, 0.6) is 0 Å². The second kappa shape index (κ2) is 7.57. The summed E-state index contributed by atoms with van der Waals surface area (Å²) in [6.45, 7) is 1.41. The molecule has 1 aliphatic heterocycles. The highest BCUT2D eigenvalue weighted by molar-refractivity contribution is 6.30. The van der Waals surface area contributed by atoms with Crippen molar-refractivity contribution in [3.05, 3.63) is 71.4 Å². The molecule has 5 rings (SSSR count). The molecule has 0 aliphatic carbocycles. The smallest absolute Gasteiger partial charge is 0.272 e. The molecule has 8 heteroatoms. The first-order valence-electron chi connectivity index (χ1n) is 9.97. The minimum Gasteiger partial charge on any atom is -0.337 e. The standard InChI is InChI=1S/C22H21ClN6O/c1-27-19(9-10-25-27)22(30)28-11-3-4-15(13-28)17-5-2-6-18(26-17)20-12-24-21-8-7-16(23)14-29(20)21/h2,5-10,12,14-15H,3-4,11,13H2,1H3/t15-/m1/s1. The zero-order valence-electron chi connectivity index (χ0n) is 16.6. The summed E-state index contributed by atoms with van der Waals surface area (Å²) in [6, 6.07) is 11.5. The van der Waals surface area contributed by atoms with Crippen LogP contribution in [-0.4, -0.2) is 48.0 Å². The highest BCUT2D eigenvalue weighted by Gasteiger charge is 2.27. The maximum absolute atomic E-state index is 12.9. The molecule has 1 atom stereocenters. The molecule has 0 radical (unpaired) electrons. The van der Waals surface area contributed by atoms with Crippen molar-refractivity contribution in [3.8, 4) is 11.4 Å². The quantitative estimate of drug-likeness (QED) is 0.505. The lowest BCUT2D eigenvalue weighted by molar-refractivity contribution is 0.0694. The summed E-state index contributed by atoms with van der Waals surface area (Å²) >= 11 is 6.17. The van der Waals surface area contributed by atoms with Crippen LogP contribution in [0.25, 0.3) is 17.0 Å². The van der Waals surface area contributed by atoms with Gasteiger partial charge in [0.25, 0.3) is 5.91 Å². The van der Waals surface area contributed by atoms with Gasteiger partial charge in [0, 0.05) is 44.1 Å². The number of amides is 1. The van der Waals surface area contributed by atoms with Crippen LogP contribution in [0.15, 0.2) is 55.0 Å². The third-order valence-corrected chi connectivity index (χ3v) is 5.89. The summed E-state index contributed by atoms with van der Waals surface area (Å²) in [5.74, 6) is 0.214. The molecule has 30 heavy (non-hydrogen) atoms. The van der Waals surface area contributed by atoms with E-state index in [0.29, 0.717) is 17.3 Å². The molecule has 1 fully saturated rings. The highest BCUT2D eigenvalue weighted by atomic mass is 35.5. The second-order valence-corrected chi connectivity index (χ2v) is 8.03. The number of hydrogen-bond donors (Lipinski definition) is 0. The maximum atomic E-state index is 12.9. The number of imidazole rings is 1. The number of aromatic nitrogens is 5. The van der Waals surface area contributed by atoms with Crippen LogP contribution in [0.3, 0.4) is 0 Å². The number of likely N-dealkylation sites (tertiary alicyclic amines) is 1. The van der Waals surface area contributed by atoms with Crippen LogP contribution in [-0.2, 0) is 7.05 Å². The molecule has 1 saturated heterocycles. The molecule has 0 unspecified atom stereocenters. The molecule has 5 heterocycles. The Balaban J connectivity index is 1.43. The fourth-order valence-electron chi connectivity index (χ4n) is 4.11. The van der Waals surface area contributed by atoms with Gasteiger partial charge in [-0.05, 0) is 43.2 Å². The summed E-state index contributed by atoms with van der Waals surface area (Å²) in [5.41, 5.74) is 4.17. The fourth-order valence-corrected chi connectivity index (χ4v) is 4.27. The Morgan fingerprint density at radius 3 is 2.93 bits per heavy atom. The van der Waals surface area contributed by atoms with E-state index in [2.05, 4.69) is 10.1 Å². The van der Waals surface area contributed by atoms with Crippen molar-refractivity contribution in [3.63, 3.8) is 0 Å². The molecular formula is C22H21ClN6O. The number of aryl methyl sites for hydroxylation is 1. The van der Waals surface area contributed by atoms with Gasteiger partial charge in [0.2, 0.25) is 0 Å². The van der Waals surface area contributed by atoms with Crippen LogP contribution in [0.4, 0.5) is 0 Å². The van der Waals surface area contributed by atoms with Gasteiger partial charge in [0.1, 0.15) is 11.3 Å².